The Morgan fingerprint density at radius 1 is 1.39 bits per heavy atom. The minimum atomic E-state index is -0.242. The Hall–Kier alpha value is -0.870. The third-order valence-electron chi connectivity index (χ3n) is 3.29. The Bertz CT molecular complexity index is 416. The summed E-state index contributed by atoms with van der Waals surface area (Å²) < 4.78 is 6.28. The van der Waals surface area contributed by atoms with Crippen LogP contribution in [0.5, 0.6) is 0 Å². The number of carbonyl (C=O) groups excluding carboxylic acids is 1. The minimum Gasteiger partial charge on any atom is -0.453 e. The first kappa shape index (κ1) is 13.6. The smallest absolute Gasteiger partial charge is 0.339 e. The van der Waals surface area contributed by atoms with Gasteiger partial charge in [0.2, 0.25) is 0 Å². The molecule has 0 aliphatic carbocycles. The summed E-state index contributed by atoms with van der Waals surface area (Å²) in [5.74, 6) is -0.242. The van der Waals surface area contributed by atoms with Gasteiger partial charge in [0.15, 0.2) is 0 Å². The zero-order valence-electron chi connectivity index (χ0n) is 10.6. The molecule has 0 aromatic heterocycles. The minimum absolute atomic E-state index is 0.0299. The van der Waals surface area contributed by atoms with Gasteiger partial charge in [0.25, 0.3) is 0 Å². The van der Waals surface area contributed by atoms with Gasteiger partial charge in [-0.15, -0.1) is 0 Å². The molecule has 98 valence electrons. The Labute approximate surface area is 116 Å². The van der Waals surface area contributed by atoms with Gasteiger partial charge in [-0.1, -0.05) is 12.1 Å². The average molecular weight is 313 g/mol. The summed E-state index contributed by atoms with van der Waals surface area (Å²) in [6, 6.07) is 7.37. The summed E-state index contributed by atoms with van der Waals surface area (Å²) >= 11 is 3.37. The normalized spacial score (nSPS) is 17.7. The summed E-state index contributed by atoms with van der Waals surface area (Å²) in [6.07, 6.45) is 2.55. The maximum absolute atomic E-state index is 12.0. The zero-order chi connectivity index (χ0) is 13.0. The molecule has 0 radical (unpaired) electrons. The molecule has 0 saturated carbocycles. The number of halogens is 1. The van der Waals surface area contributed by atoms with E-state index in [1.807, 2.05) is 25.1 Å². The second-order valence-corrected chi connectivity index (χ2v) is 5.71. The molecule has 1 aromatic rings. The van der Waals surface area contributed by atoms with Crippen LogP contribution in [0.1, 0.15) is 30.1 Å². The second kappa shape index (κ2) is 6.34. The molecule has 1 aliphatic heterocycles. The lowest BCUT2D eigenvalue weighted by Crippen LogP contribution is -3.11. The van der Waals surface area contributed by atoms with Crippen molar-refractivity contribution < 1.29 is 14.4 Å². The topological polar surface area (TPSA) is 30.7 Å². The second-order valence-electron chi connectivity index (χ2n) is 4.86. The van der Waals surface area contributed by atoms with Crippen LogP contribution < -0.4 is 4.90 Å². The average Bonchev–Trinajstić information content (AvgIpc) is 2.82. The molecule has 1 atom stereocenters. The van der Waals surface area contributed by atoms with Crippen molar-refractivity contribution in [3.8, 4) is 0 Å². The van der Waals surface area contributed by atoms with Crippen LogP contribution in [0.15, 0.2) is 28.7 Å². The van der Waals surface area contributed by atoms with E-state index in [2.05, 4.69) is 15.9 Å². The fourth-order valence-electron chi connectivity index (χ4n) is 2.40. The molecule has 1 fully saturated rings. The summed E-state index contributed by atoms with van der Waals surface area (Å²) in [4.78, 5) is 13.5. The Kier molecular flexibility index (Phi) is 4.78. The van der Waals surface area contributed by atoms with E-state index in [4.69, 9.17) is 4.74 Å². The summed E-state index contributed by atoms with van der Waals surface area (Å²) in [6.45, 7) is 5.30. The number of esters is 1. The fourth-order valence-corrected chi connectivity index (χ4v) is 2.85. The van der Waals surface area contributed by atoms with Crippen molar-refractivity contribution in [2.45, 2.75) is 25.9 Å². The van der Waals surface area contributed by atoms with E-state index in [0.717, 1.165) is 11.0 Å². The van der Waals surface area contributed by atoms with Gasteiger partial charge in [0.05, 0.1) is 18.7 Å². The van der Waals surface area contributed by atoms with Crippen LogP contribution in [0, 0.1) is 0 Å². The fraction of sp³-hybridized carbons (Fsp3) is 0.500. The quantitative estimate of drug-likeness (QED) is 0.857. The summed E-state index contributed by atoms with van der Waals surface area (Å²) in [5.41, 5.74) is 0.598. The summed E-state index contributed by atoms with van der Waals surface area (Å²) in [5, 5.41) is 0. The molecular formula is C14H19BrNO2+. The predicted octanol–water partition coefficient (Wildman–Crippen LogP) is 1.67. The van der Waals surface area contributed by atoms with E-state index in [1.165, 1.54) is 25.9 Å². The molecule has 0 bridgehead atoms. The monoisotopic (exact) mass is 312 g/mol. The van der Waals surface area contributed by atoms with Crippen molar-refractivity contribution in [1.29, 1.82) is 0 Å². The van der Waals surface area contributed by atoms with Gasteiger partial charge in [-0.3, -0.25) is 0 Å². The van der Waals surface area contributed by atoms with Crippen LogP contribution in [0.2, 0.25) is 0 Å². The van der Waals surface area contributed by atoms with Crippen molar-refractivity contribution in [2.24, 2.45) is 0 Å². The van der Waals surface area contributed by atoms with Gasteiger partial charge in [-0.25, -0.2) is 4.79 Å². The molecular weight excluding hydrogens is 294 g/mol. The first-order chi connectivity index (χ1) is 8.66. The molecule has 0 spiro atoms. The molecule has 1 N–H and O–H groups in total. The van der Waals surface area contributed by atoms with Gasteiger partial charge in [0, 0.05) is 17.3 Å². The maximum Gasteiger partial charge on any atom is 0.339 e. The van der Waals surface area contributed by atoms with Crippen molar-refractivity contribution in [1.82, 2.24) is 0 Å². The van der Waals surface area contributed by atoms with Crippen LogP contribution in [-0.2, 0) is 4.74 Å². The van der Waals surface area contributed by atoms with E-state index in [9.17, 15) is 4.79 Å². The Balaban J connectivity index is 1.88. The molecule has 1 heterocycles. The van der Waals surface area contributed by atoms with E-state index in [0.29, 0.717) is 5.56 Å². The highest BCUT2D eigenvalue weighted by molar-refractivity contribution is 9.10. The van der Waals surface area contributed by atoms with Crippen molar-refractivity contribution in [3.05, 3.63) is 34.3 Å². The highest BCUT2D eigenvalue weighted by Gasteiger charge is 2.21. The van der Waals surface area contributed by atoms with Gasteiger partial charge >= 0.3 is 5.97 Å². The standard InChI is InChI=1S/C14H18BrNO2/c1-11(10-16-8-4-5-9-16)18-14(17)12-6-2-3-7-13(12)15/h2-3,6-7,11H,4-5,8-10H2,1H3/p+1. The van der Waals surface area contributed by atoms with Crippen LogP contribution in [0.3, 0.4) is 0 Å². The molecule has 4 heteroatoms. The molecule has 1 aromatic carbocycles. The molecule has 2 rings (SSSR count). The highest BCUT2D eigenvalue weighted by atomic mass is 79.9. The number of likely N-dealkylation sites (tertiary alicyclic amines) is 1. The molecule has 3 nitrogen and oxygen atoms in total. The first-order valence-electron chi connectivity index (χ1n) is 6.46. The van der Waals surface area contributed by atoms with Crippen LogP contribution >= 0.6 is 15.9 Å². The van der Waals surface area contributed by atoms with E-state index >= 15 is 0 Å². The predicted molar refractivity (Wildman–Crippen MR) is 73.8 cm³/mol. The number of nitrogens with one attached hydrogen (secondary N) is 1. The number of rotatable bonds is 4. The number of hydrogen-bond acceptors (Lipinski definition) is 2. The summed E-state index contributed by atoms with van der Waals surface area (Å²) in [7, 11) is 0. The number of benzene rings is 1. The van der Waals surface area contributed by atoms with Crippen molar-refractivity contribution in [3.63, 3.8) is 0 Å². The van der Waals surface area contributed by atoms with E-state index < -0.39 is 0 Å². The molecule has 1 saturated heterocycles. The van der Waals surface area contributed by atoms with E-state index in [1.54, 1.807) is 11.0 Å². The highest BCUT2D eigenvalue weighted by Crippen LogP contribution is 2.17. The molecule has 1 aliphatic rings. The number of carbonyl (C=O) groups is 1. The Morgan fingerprint density at radius 2 is 2.06 bits per heavy atom. The lowest BCUT2D eigenvalue weighted by molar-refractivity contribution is -0.890. The Morgan fingerprint density at radius 3 is 2.72 bits per heavy atom. The van der Waals surface area contributed by atoms with Crippen molar-refractivity contribution in [2.75, 3.05) is 19.6 Å². The number of hydrogen-bond donors (Lipinski definition) is 1. The van der Waals surface area contributed by atoms with Crippen LogP contribution in [0.25, 0.3) is 0 Å². The third kappa shape index (κ3) is 3.56. The number of quaternary nitrogens is 1. The van der Waals surface area contributed by atoms with Gasteiger partial charge in [0.1, 0.15) is 12.6 Å². The molecule has 18 heavy (non-hydrogen) atoms. The molecule has 0 amide bonds. The molecule has 1 unspecified atom stereocenters. The SMILES string of the molecule is CC(C[NH+]1CCCC1)OC(=O)c1ccccc1Br. The largest absolute Gasteiger partial charge is 0.453 e. The van der Waals surface area contributed by atoms with E-state index in [-0.39, 0.29) is 12.1 Å². The lowest BCUT2D eigenvalue weighted by Gasteiger charge is -2.18. The lowest BCUT2D eigenvalue weighted by atomic mass is 10.2. The van der Waals surface area contributed by atoms with Crippen molar-refractivity contribution >= 4 is 21.9 Å². The van der Waals surface area contributed by atoms with Gasteiger partial charge in [-0.2, -0.15) is 0 Å². The van der Waals surface area contributed by atoms with Gasteiger partial charge < -0.3 is 9.64 Å². The maximum atomic E-state index is 12.0. The third-order valence-corrected chi connectivity index (χ3v) is 3.98. The number of ether oxygens (including phenoxy) is 1. The van der Waals surface area contributed by atoms with Crippen LogP contribution in [0.4, 0.5) is 0 Å². The zero-order valence-corrected chi connectivity index (χ0v) is 12.2. The van der Waals surface area contributed by atoms with Crippen LogP contribution in [-0.4, -0.2) is 31.7 Å². The van der Waals surface area contributed by atoms with Gasteiger partial charge in [-0.05, 0) is 35.0 Å². The first-order valence-corrected chi connectivity index (χ1v) is 7.25.